The van der Waals surface area contributed by atoms with Gasteiger partial charge in [0, 0.05) is 18.8 Å². The molecule has 1 aliphatic heterocycles. The minimum Gasteiger partial charge on any atom is -0.371 e. The standard InChI is InChI=1S/C14H17FN2/c1-11-3-2-7-17(8-6-11)13-5-4-12(10-16)14(15)9-13/h4-5,9,11H,2-3,6-8H2,1H3. The topological polar surface area (TPSA) is 27.0 Å². The first-order chi connectivity index (χ1) is 8.20. The highest BCUT2D eigenvalue weighted by molar-refractivity contribution is 5.50. The predicted molar refractivity (Wildman–Crippen MR) is 66.3 cm³/mol. The summed E-state index contributed by atoms with van der Waals surface area (Å²) in [6.45, 7) is 4.23. The largest absolute Gasteiger partial charge is 0.371 e. The molecule has 0 aromatic heterocycles. The molecular weight excluding hydrogens is 215 g/mol. The smallest absolute Gasteiger partial charge is 0.143 e. The number of nitrogens with zero attached hydrogens (tertiary/aromatic N) is 2. The van der Waals surface area contributed by atoms with Gasteiger partial charge in [-0.05, 0) is 43.4 Å². The summed E-state index contributed by atoms with van der Waals surface area (Å²) in [6.07, 6.45) is 3.56. The number of hydrogen-bond acceptors (Lipinski definition) is 2. The maximum Gasteiger partial charge on any atom is 0.143 e. The Hall–Kier alpha value is -1.56. The van der Waals surface area contributed by atoms with Crippen molar-refractivity contribution in [2.45, 2.75) is 26.2 Å². The molecule has 1 atom stereocenters. The number of halogens is 1. The Kier molecular flexibility index (Phi) is 3.63. The maximum absolute atomic E-state index is 13.5. The van der Waals surface area contributed by atoms with E-state index in [4.69, 9.17) is 5.26 Å². The summed E-state index contributed by atoms with van der Waals surface area (Å²) in [5.74, 6) is 0.338. The fourth-order valence-corrected chi connectivity index (χ4v) is 2.31. The van der Waals surface area contributed by atoms with Gasteiger partial charge >= 0.3 is 0 Å². The summed E-state index contributed by atoms with van der Waals surface area (Å²) in [5.41, 5.74) is 1.02. The molecule has 3 heteroatoms. The molecule has 0 aliphatic carbocycles. The molecule has 0 bridgehead atoms. The third-order valence-electron chi connectivity index (χ3n) is 3.46. The quantitative estimate of drug-likeness (QED) is 0.742. The van der Waals surface area contributed by atoms with E-state index in [1.807, 2.05) is 12.1 Å². The van der Waals surface area contributed by atoms with Crippen molar-refractivity contribution in [2.24, 2.45) is 5.92 Å². The lowest BCUT2D eigenvalue weighted by molar-refractivity contribution is 0.521. The van der Waals surface area contributed by atoms with Gasteiger partial charge in [0.15, 0.2) is 0 Å². The van der Waals surface area contributed by atoms with Crippen LogP contribution in [-0.2, 0) is 0 Å². The van der Waals surface area contributed by atoms with Crippen LogP contribution in [0.2, 0.25) is 0 Å². The highest BCUT2D eigenvalue weighted by atomic mass is 19.1. The molecule has 1 saturated heterocycles. The van der Waals surface area contributed by atoms with Crippen LogP contribution in [0.5, 0.6) is 0 Å². The Morgan fingerprint density at radius 3 is 2.88 bits per heavy atom. The van der Waals surface area contributed by atoms with Gasteiger partial charge in [0.05, 0.1) is 5.56 Å². The van der Waals surface area contributed by atoms with Crippen LogP contribution >= 0.6 is 0 Å². The van der Waals surface area contributed by atoms with E-state index in [1.165, 1.54) is 12.5 Å². The van der Waals surface area contributed by atoms with Crippen LogP contribution in [0, 0.1) is 23.1 Å². The second-order valence-electron chi connectivity index (χ2n) is 4.80. The molecule has 1 heterocycles. The third-order valence-corrected chi connectivity index (χ3v) is 3.46. The van der Waals surface area contributed by atoms with E-state index >= 15 is 0 Å². The summed E-state index contributed by atoms with van der Waals surface area (Å²) < 4.78 is 13.5. The average Bonchev–Trinajstić information content (AvgIpc) is 2.54. The molecule has 0 spiro atoms. The van der Waals surface area contributed by atoms with Crippen molar-refractivity contribution < 1.29 is 4.39 Å². The molecule has 17 heavy (non-hydrogen) atoms. The second kappa shape index (κ2) is 5.18. The van der Waals surface area contributed by atoms with Gasteiger partial charge in [-0.25, -0.2) is 4.39 Å². The molecule has 0 radical (unpaired) electrons. The van der Waals surface area contributed by atoms with E-state index in [2.05, 4.69) is 11.8 Å². The Labute approximate surface area is 102 Å². The molecule has 0 N–H and O–H groups in total. The number of anilines is 1. The van der Waals surface area contributed by atoms with Crippen LogP contribution in [0.3, 0.4) is 0 Å². The van der Waals surface area contributed by atoms with Gasteiger partial charge in [0.25, 0.3) is 0 Å². The molecule has 2 nitrogen and oxygen atoms in total. The van der Waals surface area contributed by atoms with Crippen molar-refractivity contribution in [1.82, 2.24) is 0 Å². The van der Waals surface area contributed by atoms with Crippen LogP contribution < -0.4 is 4.90 Å². The Balaban J connectivity index is 2.17. The molecule has 1 aromatic carbocycles. The lowest BCUT2D eigenvalue weighted by atomic mass is 10.0. The van der Waals surface area contributed by atoms with Gasteiger partial charge in [-0.2, -0.15) is 5.26 Å². The van der Waals surface area contributed by atoms with Gasteiger partial charge in [-0.3, -0.25) is 0 Å². The van der Waals surface area contributed by atoms with Crippen molar-refractivity contribution in [2.75, 3.05) is 18.0 Å². The van der Waals surface area contributed by atoms with E-state index in [-0.39, 0.29) is 5.56 Å². The van der Waals surface area contributed by atoms with Crippen LogP contribution in [0.15, 0.2) is 18.2 Å². The molecule has 90 valence electrons. The first-order valence-electron chi connectivity index (χ1n) is 6.15. The third kappa shape index (κ3) is 2.76. The number of benzene rings is 1. The first kappa shape index (κ1) is 11.9. The lowest BCUT2D eigenvalue weighted by Gasteiger charge is -2.22. The average molecular weight is 232 g/mol. The van der Waals surface area contributed by atoms with Gasteiger partial charge in [0.1, 0.15) is 11.9 Å². The van der Waals surface area contributed by atoms with Gasteiger partial charge < -0.3 is 4.90 Å². The minimum absolute atomic E-state index is 0.122. The fourth-order valence-electron chi connectivity index (χ4n) is 2.31. The molecule has 1 aliphatic rings. The summed E-state index contributed by atoms with van der Waals surface area (Å²) in [5, 5.41) is 8.70. The van der Waals surface area contributed by atoms with E-state index in [1.54, 1.807) is 6.07 Å². The lowest BCUT2D eigenvalue weighted by Crippen LogP contribution is -2.24. The van der Waals surface area contributed by atoms with Crippen molar-refractivity contribution in [3.63, 3.8) is 0 Å². The van der Waals surface area contributed by atoms with E-state index < -0.39 is 5.82 Å². The Morgan fingerprint density at radius 2 is 2.18 bits per heavy atom. The minimum atomic E-state index is -0.415. The fraction of sp³-hybridized carbons (Fsp3) is 0.500. The molecule has 1 fully saturated rings. The molecule has 0 saturated carbocycles. The van der Waals surface area contributed by atoms with Crippen molar-refractivity contribution >= 4 is 5.69 Å². The number of rotatable bonds is 1. The van der Waals surface area contributed by atoms with Crippen molar-refractivity contribution in [1.29, 1.82) is 5.26 Å². The molecule has 1 aromatic rings. The second-order valence-corrected chi connectivity index (χ2v) is 4.80. The highest BCUT2D eigenvalue weighted by Crippen LogP contribution is 2.23. The van der Waals surface area contributed by atoms with Crippen LogP contribution in [0.1, 0.15) is 31.7 Å². The van der Waals surface area contributed by atoms with Gasteiger partial charge in [0.2, 0.25) is 0 Å². The summed E-state index contributed by atoms with van der Waals surface area (Å²) in [6, 6.07) is 6.75. The van der Waals surface area contributed by atoms with Crippen LogP contribution in [0.25, 0.3) is 0 Å². The molecule has 1 unspecified atom stereocenters. The zero-order chi connectivity index (χ0) is 12.3. The maximum atomic E-state index is 13.5. The van der Waals surface area contributed by atoms with E-state index in [9.17, 15) is 4.39 Å². The molecular formula is C14H17FN2. The molecule has 0 amide bonds. The van der Waals surface area contributed by atoms with E-state index in [0.717, 1.165) is 37.5 Å². The zero-order valence-electron chi connectivity index (χ0n) is 10.1. The van der Waals surface area contributed by atoms with E-state index in [0.29, 0.717) is 0 Å². The van der Waals surface area contributed by atoms with Crippen LogP contribution in [0.4, 0.5) is 10.1 Å². The normalized spacial score (nSPS) is 20.8. The monoisotopic (exact) mass is 232 g/mol. The first-order valence-corrected chi connectivity index (χ1v) is 6.15. The predicted octanol–water partition coefficient (Wildman–Crippen LogP) is 3.32. The number of nitriles is 1. The highest BCUT2D eigenvalue weighted by Gasteiger charge is 2.15. The summed E-state index contributed by atoms with van der Waals surface area (Å²) in [7, 11) is 0. The van der Waals surface area contributed by atoms with Crippen LogP contribution in [-0.4, -0.2) is 13.1 Å². The molecule has 2 rings (SSSR count). The van der Waals surface area contributed by atoms with Gasteiger partial charge in [-0.1, -0.05) is 6.92 Å². The SMILES string of the molecule is CC1CCCN(c2ccc(C#N)c(F)c2)CC1. The summed E-state index contributed by atoms with van der Waals surface area (Å²) in [4.78, 5) is 2.22. The van der Waals surface area contributed by atoms with Gasteiger partial charge in [-0.15, -0.1) is 0 Å². The van der Waals surface area contributed by atoms with Crippen molar-refractivity contribution in [3.8, 4) is 6.07 Å². The Bertz CT molecular complexity index is 436. The number of hydrogen-bond donors (Lipinski definition) is 0. The zero-order valence-corrected chi connectivity index (χ0v) is 10.1. The Morgan fingerprint density at radius 1 is 1.35 bits per heavy atom. The summed E-state index contributed by atoms with van der Waals surface area (Å²) >= 11 is 0. The van der Waals surface area contributed by atoms with Crippen molar-refractivity contribution in [3.05, 3.63) is 29.6 Å².